The number of aliphatic hydroxyl groups is 8. The van der Waals surface area contributed by atoms with Crippen molar-refractivity contribution >= 4 is 5.82 Å². The number of rotatable bonds is 9. The number of azide groups is 1. The Morgan fingerprint density at radius 3 is 2.22 bits per heavy atom. The summed E-state index contributed by atoms with van der Waals surface area (Å²) in [7, 11) is 0. The van der Waals surface area contributed by atoms with E-state index < -0.39 is 111 Å². The molecule has 20 heteroatoms. The highest BCUT2D eigenvalue weighted by Crippen LogP contribution is 2.33. The lowest BCUT2D eigenvalue weighted by atomic mass is 9.96. The minimum Gasteiger partial charge on any atom is -0.394 e. The van der Waals surface area contributed by atoms with E-state index in [1.54, 1.807) is 0 Å². The van der Waals surface area contributed by atoms with Gasteiger partial charge in [0, 0.05) is 11.1 Å². The SMILES string of the molecule is [N-]=[N+]=N[C@@H]1[C@@H](OC[C@H]2O[C@@H](n3ccc(N)nc3=O)[C@@H](O)[C@@H]2O)O[C@H](CO)[C@@H](O[C@@H]2O[C@H](CO)[C@H](O)[C@H](O)[C@H]2O)[C@@H]1O. The zero-order valence-corrected chi connectivity index (χ0v) is 21.2. The number of anilines is 1. The van der Waals surface area contributed by atoms with Crippen molar-refractivity contribution < 1.29 is 64.5 Å². The summed E-state index contributed by atoms with van der Waals surface area (Å²) in [6.07, 6.45) is -19.1. The van der Waals surface area contributed by atoms with E-state index in [0.717, 1.165) is 4.57 Å². The second-order valence-corrected chi connectivity index (χ2v) is 9.63. The van der Waals surface area contributed by atoms with E-state index in [9.17, 15) is 45.6 Å². The summed E-state index contributed by atoms with van der Waals surface area (Å²) in [5, 5.41) is 84.9. The summed E-state index contributed by atoms with van der Waals surface area (Å²) in [6.45, 7) is -2.06. The second kappa shape index (κ2) is 13.2. The Bertz CT molecular complexity index is 1140. The average molecular weight is 593 g/mol. The number of nitrogens with zero attached hydrogens (tertiary/aromatic N) is 5. The van der Waals surface area contributed by atoms with Gasteiger partial charge in [0.1, 0.15) is 66.8 Å². The van der Waals surface area contributed by atoms with E-state index in [0.29, 0.717) is 0 Å². The standard InChI is InChI=1S/C21H32N6O14/c22-9-1-2-27(21(36)24-9)18-15(34)12(31)8(38-18)5-37-19-10(25-26-23)13(32)17(7(4-29)40-19)41-20-16(35)14(33)11(30)6(3-28)39-20/h1-2,6-8,10-20,28-35H,3-5H2,(H2,22,24,36)/t6-,7-,8-,10+,11+,12-,13-,14+,15+,16-,17-,18-,19+,20+/m1/s1. The maximum Gasteiger partial charge on any atom is 0.351 e. The normalized spacial score (nSPS) is 43.0. The first-order valence-electron chi connectivity index (χ1n) is 12.4. The molecule has 4 heterocycles. The minimum absolute atomic E-state index is 0.0662. The fourth-order valence-electron chi connectivity index (χ4n) is 4.78. The monoisotopic (exact) mass is 592 g/mol. The predicted molar refractivity (Wildman–Crippen MR) is 128 cm³/mol. The van der Waals surface area contributed by atoms with E-state index in [1.807, 2.05) is 0 Å². The Kier molecular flexibility index (Phi) is 10.1. The van der Waals surface area contributed by atoms with Crippen LogP contribution in [-0.4, -0.2) is 150 Å². The van der Waals surface area contributed by atoms with Crippen molar-refractivity contribution in [3.63, 3.8) is 0 Å². The zero-order valence-electron chi connectivity index (χ0n) is 21.2. The molecule has 0 spiro atoms. The van der Waals surface area contributed by atoms with Gasteiger partial charge >= 0.3 is 5.69 Å². The fourth-order valence-corrected chi connectivity index (χ4v) is 4.78. The first-order valence-corrected chi connectivity index (χ1v) is 12.4. The summed E-state index contributed by atoms with van der Waals surface area (Å²) in [4.78, 5) is 18.3. The van der Waals surface area contributed by atoms with Crippen LogP contribution in [-0.2, 0) is 23.7 Å². The summed E-state index contributed by atoms with van der Waals surface area (Å²) >= 11 is 0. The summed E-state index contributed by atoms with van der Waals surface area (Å²) in [6, 6.07) is -0.256. The lowest BCUT2D eigenvalue weighted by Crippen LogP contribution is -2.64. The van der Waals surface area contributed by atoms with Crippen LogP contribution in [0.2, 0.25) is 0 Å². The van der Waals surface area contributed by atoms with Crippen LogP contribution in [0.25, 0.3) is 10.4 Å². The van der Waals surface area contributed by atoms with Gasteiger partial charge in [-0.1, -0.05) is 5.11 Å². The van der Waals surface area contributed by atoms with Gasteiger partial charge in [-0.2, -0.15) is 4.98 Å². The molecule has 230 valence electrons. The van der Waals surface area contributed by atoms with Crippen molar-refractivity contribution in [2.24, 2.45) is 5.11 Å². The van der Waals surface area contributed by atoms with E-state index >= 15 is 0 Å². The number of ether oxygens (including phenoxy) is 5. The number of aliphatic hydroxyl groups excluding tert-OH is 8. The van der Waals surface area contributed by atoms with Crippen LogP contribution < -0.4 is 11.4 Å². The molecule has 0 amide bonds. The van der Waals surface area contributed by atoms with Gasteiger partial charge in [-0.25, -0.2) is 4.79 Å². The highest BCUT2D eigenvalue weighted by atomic mass is 16.7. The number of nitrogen functional groups attached to an aromatic ring is 1. The molecule has 0 bridgehead atoms. The average Bonchev–Trinajstić information content (AvgIpc) is 3.23. The highest BCUT2D eigenvalue weighted by Gasteiger charge is 2.52. The molecule has 0 unspecified atom stereocenters. The Hall–Kier alpha value is -2.53. The van der Waals surface area contributed by atoms with Crippen molar-refractivity contribution in [2.75, 3.05) is 25.6 Å². The molecule has 0 saturated carbocycles. The molecule has 0 aromatic carbocycles. The van der Waals surface area contributed by atoms with Crippen LogP contribution in [0.1, 0.15) is 6.23 Å². The van der Waals surface area contributed by atoms with Crippen LogP contribution in [0.3, 0.4) is 0 Å². The molecule has 41 heavy (non-hydrogen) atoms. The number of hydrogen-bond acceptors (Lipinski definition) is 17. The van der Waals surface area contributed by atoms with E-state index in [1.165, 1.54) is 12.3 Å². The summed E-state index contributed by atoms with van der Waals surface area (Å²) < 4.78 is 28.5. The van der Waals surface area contributed by atoms with Crippen LogP contribution in [0.4, 0.5) is 5.82 Å². The fraction of sp³-hybridized carbons (Fsp3) is 0.810. The van der Waals surface area contributed by atoms with Crippen LogP contribution in [0.5, 0.6) is 0 Å². The third-order valence-electron chi connectivity index (χ3n) is 7.03. The van der Waals surface area contributed by atoms with Crippen molar-refractivity contribution in [3.8, 4) is 0 Å². The van der Waals surface area contributed by atoms with Gasteiger partial charge in [0.2, 0.25) is 0 Å². The maximum atomic E-state index is 12.1. The Balaban J connectivity index is 1.45. The van der Waals surface area contributed by atoms with Crippen LogP contribution in [0.15, 0.2) is 22.2 Å². The summed E-state index contributed by atoms with van der Waals surface area (Å²) in [5.74, 6) is -0.0662. The molecule has 1 aromatic heterocycles. The van der Waals surface area contributed by atoms with Crippen molar-refractivity contribution in [3.05, 3.63) is 33.2 Å². The quantitative estimate of drug-likeness (QED) is 0.0733. The molecular weight excluding hydrogens is 560 g/mol. The van der Waals surface area contributed by atoms with Gasteiger partial charge in [0.15, 0.2) is 18.8 Å². The largest absolute Gasteiger partial charge is 0.394 e. The predicted octanol–water partition coefficient (Wildman–Crippen LogP) is -5.60. The smallest absolute Gasteiger partial charge is 0.351 e. The van der Waals surface area contributed by atoms with Gasteiger partial charge in [0.05, 0.1) is 25.9 Å². The Morgan fingerprint density at radius 2 is 1.59 bits per heavy atom. The second-order valence-electron chi connectivity index (χ2n) is 9.63. The molecule has 14 atom stereocenters. The number of nitrogens with two attached hydrogens (primary N) is 1. The lowest BCUT2D eigenvalue weighted by molar-refractivity contribution is -0.348. The van der Waals surface area contributed by atoms with Crippen LogP contribution >= 0.6 is 0 Å². The van der Waals surface area contributed by atoms with Crippen LogP contribution in [0, 0.1) is 0 Å². The van der Waals surface area contributed by atoms with Crippen molar-refractivity contribution in [1.29, 1.82) is 0 Å². The van der Waals surface area contributed by atoms with Crippen molar-refractivity contribution in [1.82, 2.24) is 9.55 Å². The molecule has 0 aliphatic carbocycles. The minimum atomic E-state index is -1.84. The molecule has 1 aromatic rings. The van der Waals surface area contributed by atoms with Gasteiger partial charge in [-0.05, 0) is 11.6 Å². The molecule has 3 aliphatic heterocycles. The third kappa shape index (κ3) is 6.30. The van der Waals surface area contributed by atoms with Gasteiger partial charge < -0.3 is 70.3 Å². The number of aromatic nitrogens is 2. The Labute approximate surface area is 230 Å². The highest BCUT2D eigenvalue weighted by molar-refractivity contribution is 5.23. The Morgan fingerprint density at radius 1 is 0.927 bits per heavy atom. The molecule has 10 N–H and O–H groups in total. The molecule has 4 rings (SSSR count). The summed E-state index contributed by atoms with van der Waals surface area (Å²) in [5.41, 5.74) is 13.7. The molecule has 3 aliphatic rings. The topological polar surface area (TPSA) is 318 Å². The first-order chi connectivity index (χ1) is 19.5. The molecule has 20 nitrogen and oxygen atoms in total. The number of hydrogen-bond donors (Lipinski definition) is 9. The zero-order chi connectivity index (χ0) is 30.0. The first kappa shape index (κ1) is 31.4. The molecule has 3 saturated heterocycles. The molecular formula is C21H32N6O14. The van der Waals surface area contributed by atoms with Gasteiger partial charge in [-0.3, -0.25) is 4.57 Å². The van der Waals surface area contributed by atoms with E-state index in [2.05, 4.69) is 15.0 Å². The third-order valence-corrected chi connectivity index (χ3v) is 7.03. The van der Waals surface area contributed by atoms with Crippen molar-refractivity contribution in [2.45, 2.75) is 85.9 Å². The van der Waals surface area contributed by atoms with Gasteiger partial charge in [0.25, 0.3) is 0 Å². The molecule has 0 radical (unpaired) electrons. The van der Waals surface area contributed by atoms with E-state index in [-0.39, 0.29) is 5.82 Å². The maximum absolute atomic E-state index is 12.1. The molecule has 3 fully saturated rings. The van der Waals surface area contributed by atoms with Gasteiger partial charge in [-0.15, -0.1) is 0 Å². The lowest BCUT2D eigenvalue weighted by Gasteiger charge is -2.46. The van der Waals surface area contributed by atoms with E-state index in [4.69, 9.17) is 34.9 Å².